The summed E-state index contributed by atoms with van der Waals surface area (Å²) in [5.74, 6) is -0.737. The van der Waals surface area contributed by atoms with E-state index in [2.05, 4.69) is 5.32 Å². The Labute approximate surface area is 132 Å². The van der Waals surface area contributed by atoms with Crippen molar-refractivity contribution in [3.05, 3.63) is 59.2 Å². The number of fused-ring (bicyclic) bond motifs is 2. The molecule has 0 atom stereocenters. The van der Waals surface area contributed by atoms with Gasteiger partial charge in [0.25, 0.3) is 11.8 Å². The van der Waals surface area contributed by atoms with Crippen LogP contribution in [0.4, 0.5) is 16.2 Å². The van der Waals surface area contributed by atoms with Crippen LogP contribution in [0, 0.1) is 0 Å². The molecule has 2 aliphatic heterocycles. The normalized spacial score (nSPS) is 16.3. The summed E-state index contributed by atoms with van der Waals surface area (Å²) in [7, 11) is 1.69. The lowest BCUT2D eigenvalue weighted by Crippen LogP contribution is -2.37. The third-order valence-corrected chi connectivity index (χ3v) is 4.15. The second-order valence-electron chi connectivity index (χ2n) is 5.59. The molecule has 0 unspecified atom stereocenters. The molecular formula is C17H13N3O3. The predicted molar refractivity (Wildman–Crippen MR) is 84.5 cm³/mol. The van der Waals surface area contributed by atoms with Crippen molar-refractivity contribution < 1.29 is 14.4 Å². The van der Waals surface area contributed by atoms with Crippen molar-refractivity contribution >= 4 is 29.2 Å². The van der Waals surface area contributed by atoms with Gasteiger partial charge in [-0.25, -0.2) is 9.69 Å². The van der Waals surface area contributed by atoms with Crippen molar-refractivity contribution in [3.63, 3.8) is 0 Å². The monoisotopic (exact) mass is 307 g/mol. The molecule has 1 N–H and O–H groups in total. The molecule has 114 valence electrons. The van der Waals surface area contributed by atoms with Crippen molar-refractivity contribution in [3.8, 4) is 0 Å². The van der Waals surface area contributed by atoms with Gasteiger partial charge >= 0.3 is 6.03 Å². The highest BCUT2D eigenvalue weighted by molar-refractivity contribution is 6.35. The van der Waals surface area contributed by atoms with Crippen molar-refractivity contribution in [2.24, 2.45) is 0 Å². The molecule has 2 aromatic carbocycles. The number of carbonyl (C=O) groups excluding carboxylic acids is 3. The number of para-hydroxylation sites is 1. The lowest BCUT2D eigenvalue weighted by Gasteiger charge is -2.29. The maximum atomic E-state index is 12.6. The Bertz CT molecular complexity index is 840. The Balaban J connectivity index is 1.85. The predicted octanol–water partition coefficient (Wildman–Crippen LogP) is 2.46. The summed E-state index contributed by atoms with van der Waals surface area (Å²) in [6.45, 7) is 0.429. The van der Waals surface area contributed by atoms with Crippen LogP contribution in [0.3, 0.4) is 0 Å². The SMILES string of the molecule is CN1Cc2cccc(N3C(=O)c4ccccc4C3=O)c2NC1=O. The van der Waals surface area contributed by atoms with Crippen LogP contribution in [-0.4, -0.2) is 29.8 Å². The summed E-state index contributed by atoms with van der Waals surface area (Å²) in [6.07, 6.45) is 0. The molecule has 23 heavy (non-hydrogen) atoms. The lowest BCUT2D eigenvalue weighted by atomic mass is 10.1. The molecule has 6 heteroatoms. The van der Waals surface area contributed by atoms with Gasteiger partial charge in [0.05, 0.1) is 22.5 Å². The standard InChI is InChI=1S/C17H13N3O3/c1-19-9-10-5-4-8-13(14(10)18-17(19)23)20-15(21)11-6-2-3-7-12(11)16(20)22/h2-8H,9H2,1H3,(H,18,23). The molecule has 4 amide bonds. The van der Waals surface area contributed by atoms with Crippen LogP contribution >= 0.6 is 0 Å². The number of rotatable bonds is 1. The molecule has 0 aliphatic carbocycles. The zero-order chi connectivity index (χ0) is 16.1. The quantitative estimate of drug-likeness (QED) is 0.823. The highest BCUT2D eigenvalue weighted by Gasteiger charge is 2.38. The minimum atomic E-state index is -0.368. The molecule has 6 nitrogen and oxygen atoms in total. The van der Waals surface area contributed by atoms with E-state index in [1.807, 2.05) is 6.07 Å². The number of anilines is 2. The van der Waals surface area contributed by atoms with Crippen molar-refractivity contribution in [1.29, 1.82) is 0 Å². The van der Waals surface area contributed by atoms with Gasteiger partial charge in [0, 0.05) is 13.6 Å². The maximum absolute atomic E-state index is 12.6. The Morgan fingerprint density at radius 3 is 2.22 bits per heavy atom. The summed E-state index contributed by atoms with van der Waals surface area (Å²) in [5, 5.41) is 2.76. The van der Waals surface area contributed by atoms with Gasteiger partial charge in [-0.1, -0.05) is 24.3 Å². The molecule has 0 spiro atoms. The van der Waals surface area contributed by atoms with Crippen LogP contribution in [0.1, 0.15) is 26.3 Å². The second kappa shape index (κ2) is 4.67. The van der Waals surface area contributed by atoms with E-state index in [1.165, 1.54) is 4.90 Å². The number of hydrogen-bond acceptors (Lipinski definition) is 3. The molecule has 2 aliphatic rings. The Morgan fingerprint density at radius 1 is 0.913 bits per heavy atom. The minimum Gasteiger partial charge on any atom is -0.323 e. The zero-order valence-corrected chi connectivity index (χ0v) is 12.4. The van der Waals surface area contributed by atoms with E-state index in [-0.39, 0.29) is 17.8 Å². The first-order valence-electron chi connectivity index (χ1n) is 7.20. The summed E-state index contributed by atoms with van der Waals surface area (Å²) in [5.41, 5.74) is 2.56. The fourth-order valence-electron chi connectivity index (χ4n) is 2.99. The van der Waals surface area contributed by atoms with Crippen LogP contribution in [0.15, 0.2) is 42.5 Å². The Morgan fingerprint density at radius 2 is 1.57 bits per heavy atom. The van der Waals surface area contributed by atoms with Gasteiger partial charge in [-0.2, -0.15) is 0 Å². The first-order valence-corrected chi connectivity index (χ1v) is 7.20. The summed E-state index contributed by atoms with van der Waals surface area (Å²) in [4.78, 5) is 39.8. The smallest absolute Gasteiger partial charge is 0.321 e. The molecule has 2 heterocycles. The molecule has 0 saturated heterocycles. The number of benzene rings is 2. The summed E-state index contributed by atoms with van der Waals surface area (Å²) < 4.78 is 0. The highest BCUT2D eigenvalue weighted by atomic mass is 16.2. The number of nitrogens with one attached hydrogen (secondary N) is 1. The van der Waals surface area contributed by atoms with Gasteiger partial charge < -0.3 is 10.2 Å². The van der Waals surface area contributed by atoms with E-state index >= 15 is 0 Å². The first-order chi connectivity index (χ1) is 11.1. The van der Waals surface area contributed by atoms with E-state index in [4.69, 9.17) is 0 Å². The van der Waals surface area contributed by atoms with Gasteiger partial charge in [0.15, 0.2) is 0 Å². The van der Waals surface area contributed by atoms with E-state index in [1.54, 1.807) is 43.4 Å². The maximum Gasteiger partial charge on any atom is 0.321 e. The van der Waals surface area contributed by atoms with Gasteiger partial charge in [0.1, 0.15) is 0 Å². The molecular weight excluding hydrogens is 294 g/mol. The summed E-state index contributed by atoms with van der Waals surface area (Å²) >= 11 is 0. The fraction of sp³-hybridized carbons (Fsp3) is 0.118. The molecule has 0 radical (unpaired) electrons. The average molecular weight is 307 g/mol. The molecule has 4 rings (SSSR count). The number of urea groups is 1. The van der Waals surface area contributed by atoms with E-state index in [0.29, 0.717) is 29.0 Å². The largest absolute Gasteiger partial charge is 0.323 e. The van der Waals surface area contributed by atoms with Crippen LogP contribution < -0.4 is 10.2 Å². The number of nitrogens with zero attached hydrogens (tertiary/aromatic N) is 2. The van der Waals surface area contributed by atoms with Crippen LogP contribution in [0.2, 0.25) is 0 Å². The van der Waals surface area contributed by atoms with Crippen LogP contribution in [0.5, 0.6) is 0 Å². The van der Waals surface area contributed by atoms with Gasteiger partial charge in [-0.3, -0.25) is 9.59 Å². The van der Waals surface area contributed by atoms with Crippen molar-refractivity contribution in [1.82, 2.24) is 4.90 Å². The minimum absolute atomic E-state index is 0.262. The van der Waals surface area contributed by atoms with Crippen molar-refractivity contribution in [2.75, 3.05) is 17.3 Å². The van der Waals surface area contributed by atoms with Crippen molar-refractivity contribution in [2.45, 2.75) is 6.54 Å². The van der Waals surface area contributed by atoms with E-state index in [0.717, 1.165) is 10.5 Å². The molecule has 0 aromatic heterocycles. The summed E-state index contributed by atoms with van der Waals surface area (Å²) in [6, 6.07) is 11.8. The molecule has 0 saturated carbocycles. The molecule has 0 fully saturated rings. The fourth-order valence-corrected chi connectivity index (χ4v) is 2.99. The third-order valence-electron chi connectivity index (χ3n) is 4.15. The third kappa shape index (κ3) is 1.85. The van der Waals surface area contributed by atoms with Gasteiger partial charge in [0.2, 0.25) is 0 Å². The first kappa shape index (κ1) is 13.5. The van der Waals surface area contributed by atoms with E-state index in [9.17, 15) is 14.4 Å². The van der Waals surface area contributed by atoms with E-state index < -0.39 is 0 Å². The lowest BCUT2D eigenvalue weighted by molar-refractivity contribution is 0.0926. The second-order valence-corrected chi connectivity index (χ2v) is 5.59. The Kier molecular flexibility index (Phi) is 2.74. The number of amides is 4. The van der Waals surface area contributed by atoms with Crippen LogP contribution in [0.25, 0.3) is 0 Å². The van der Waals surface area contributed by atoms with Crippen LogP contribution in [-0.2, 0) is 6.54 Å². The number of hydrogen-bond donors (Lipinski definition) is 1. The average Bonchev–Trinajstić information content (AvgIpc) is 2.80. The topological polar surface area (TPSA) is 69.7 Å². The zero-order valence-electron chi connectivity index (χ0n) is 12.4. The van der Waals surface area contributed by atoms with Gasteiger partial charge in [-0.05, 0) is 23.8 Å². The molecule has 2 aromatic rings. The highest BCUT2D eigenvalue weighted by Crippen LogP contribution is 2.37. The number of carbonyl (C=O) groups is 3. The molecule has 0 bridgehead atoms. The Hall–Kier alpha value is -3.15. The number of imide groups is 1. The van der Waals surface area contributed by atoms with Gasteiger partial charge in [-0.15, -0.1) is 0 Å².